The van der Waals surface area contributed by atoms with Crippen LogP contribution in [0.5, 0.6) is 0 Å². The third-order valence-electron chi connectivity index (χ3n) is 13.6. The Morgan fingerprint density at radius 2 is 1.63 bits per heavy atom. The molecule has 6 nitrogen and oxygen atoms in total. The standard InChI is InChI=1S/C35H58O6/c1-7-21(2)32(39)40-24-14-17-34(5)23(18-24)19-28(36)31-26-12-11-25(35(26,6)29(37)20-27(31)34)22(3)10-13-30(38)41-33(4)15-8-9-16-33/h21-29,31,36-37H,7-20H2,1-6H3/t21?,22?,23?,24-,25?,26?,27?,28+,29-,31?,34-,35+/m0/s1. The van der Waals surface area contributed by atoms with E-state index in [4.69, 9.17) is 9.47 Å². The van der Waals surface area contributed by atoms with E-state index in [1.165, 1.54) is 0 Å². The number of aliphatic hydroxyl groups excluding tert-OH is 2. The number of aliphatic hydroxyl groups is 2. The molecule has 7 unspecified atom stereocenters. The first-order valence-electron chi connectivity index (χ1n) is 17.1. The van der Waals surface area contributed by atoms with Crippen molar-refractivity contribution >= 4 is 11.9 Å². The Hall–Kier alpha value is -1.14. The fourth-order valence-corrected chi connectivity index (χ4v) is 10.8. The lowest BCUT2D eigenvalue weighted by Gasteiger charge is -2.63. The van der Waals surface area contributed by atoms with Crippen molar-refractivity contribution in [3.8, 4) is 0 Å². The van der Waals surface area contributed by atoms with Crippen LogP contribution in [0, 0.1) is 52.3 Å². The SMILES string of the molecule is CCC(C)C(=O)O[C@H]1CC[C@@]2(C)C(C1)C[C@@H](O)C1C2C[C@H](O)[C@]2(C)C(C(C)CCC(=O)OC3(C)CCCC3)CCC12. The maximum Gasteiger partial charge on any atom is 0.308 e. The second-order valence-corrected chi connectivity index (χ2v) is 15.9. The number of fused-ring (bicyclic) bond motifs is 5. The van der Waals surface area contributed by atoms with Gasteiger partial charge in [0.25, 0.3) is 0 Å². The fourth-order valence-electron chi connectivity index (χ4n) is 10.8. The molecule has 0 saturated heterocycles. The lowest BCUT2D eigenvalue weighted by molar-refractivity contribution is -0.210. The third-order valence-corrected chi connectivity index (χ3v) is 13.6. The fraction of sp³-hybridized carbons (Fsp3) is 0.943. The summed E-state index contributed by atoms with van der Waals surface area (Å²) in [6.07, 6.45) is 11.7. The van der Waals surface area contributed by atoms with Gasteiger partial charge in [0.05, 0.1) is 18.1 Å². The van der Waals surface area contributed by atoms with Crippen LogP contribution in [-0.2, 0) is 19.1 Å². The van der Waals surface area contributed by atoms with Crippen LogP contribution in [0.15, 0.2) is 0 Å². The monoisotopic (exact) mass is 574 g/mol. The second kappa shape index (κ2) is 11.7. The number of hydrogen-bond donors (Lipinski definition) is 2. The topological polar surface area (TPSA) is 93.1 Å². The Bertz CT molecular complexity index is 958. The van der Waals surface area contributed by atoms with Gasteiger partial charge in [-0.3, -0.25) is 9.59 Å². The van der Waals surface area contributed by atoms with Crippen LogP contribution in [0.4, 0.5) is 0 Å². The number of rotatable bonds is 8. The van der Waals surface area contributed by atoms with Gasteiger partial charge >= 0.3 is 11.9 Å². The summed E-state index contributed by atoms with van der Waals surface area (Å²) in [4.78, 5) is 25.3. The highest BCUT2D eigenvalue weighted by Crippen LogP contribution is 2.68. The van der Waals surface area contributed by atoms with Crippen LogP contribution in [-0.4, -0.2) is 46.1 Å². The molecule has 5 aliphatic rings. The smallest absolute Gasteiger partial charge is 0.308 e. The highest BCUT2D eigenvalue weighted by molar-refractivity contribution is 5.72. The van der Waals surface area contributed by atoms with Crippen molar-refractivity contribution < 1.29 is 29.3 Å². The molecular formula is C35H58O6. The van der Waals surface area contributed by atoms with Crippen LogP contribution >= 0.6 is 0 Å². The number of hydrogen-bond acceptors (Lipinski definition) is 6. The van der Waals surface area contributed by atoms with E-state index >= 15 is 0 Å². The number of esters is 2. The quantitative estimate of drug-likeness (QED) is 0.309. The molecule has 6 heteroatoms. The molecule has 2 N–H and O–H groups in total. The van der Waals surface area contributed by atoms with E-state index in [1.807, 2.05) is 13.8 Å². The summed E-state index contributed by atoms with van der Waals surface area (Å²) < 4.78 is 11.8. The molecule has 0 spiro atoms. The highest BCUT2D eigenvalue weighted by Gasteiger charge is 2.65. The molecule has 5 fully saturated rings. The lowest BCUT2D eigenvalue weighted by Crippen LogP contribution is -2.62. The summed E-state index contributed by atoms with van der Waals surface area (Å²) in [5.41, 5.74) is -0.469. The number of carbonyl (C=O) groups excluding carboxylic acids is 2. The zero-order chi connectivity index (χ0) is 29.7. The van der Waals surface area contributed by atoms with Gasteiger partial charge in [-0.1, -0.05) is 34.6 Å². The van der Waals surface area contributed by atoms with E-state index in [9.17, 15) is 19.8 Å². The van der Waals surface area contributed by atoms with Gasteiger partial charge in [0.2, 0.25) is 0 Å². The van der Waals surface area contributed by atoms with E-state index in [0.717, 1.165) is 83.5 Å². The predicted molar refractivity (Wildman–Crippen MR) is 159 cm³/mol. The molecule has 0 radical (unpaired) electrons. The Morgan fingerprint density at radius 1 is 0.927 bits per heavy atom. The molecule has 0 aromatic heterocycles. The lowest BCUT2D eigenvalue weighted by atomic mass is 9.43. The molecule has 12 atom stereocenters. The van der Waals surface area contributed by atoms with Crippen molar-refractivity contribution in [1.82, 2.24) is 0 Å². The summed E-state index contributed by atoms with van der Waals surface area (Å²) in [7, 11) is 0. The first kappa shape index (κ1) is 31.3. The second-order valence-electron chi connectivity index (χ2n) is 15.9. The van der Waals surface area contributed by atoms with Gasteiger partial charge in [-0.25, -0.2) is 0 Å². The van der Waals surface area contributed by atoms with Gasteiger partial charge < -0.3 is 19.7 Å². The molecule has 5 aliphatic carbocycles. The van der Waals surface area contributed by atoms with Crippen LogP contribution < -0.4 is 0 Å². The molecule has 5 saturated carbocycles. The van der Waals surface area contributed by atoms with Crippen LogP contribution in [0.1, 0.15) is 131 Å². The normalized spacial score (nSPS) is 44.7. The maximum absolute atomic E-state index is 12.7. The van der Waals surface area contributed by atoms with Crippen molar-refractivity contribution in [2.75, 3.05) is 0 Å². The van der Waals surface area contributed by atoms with Gasteiger partial charge in [0.1, 0.15) is 11.7 Å². The predicted octanol–water partition coefficient (Wildman–Crippen LogP) is 6.84. The molecule has 5 rings (SSSR count). The van der Waals surface area contributed by atoms with Crippen molar-refractivity contribution in [2.24, 2.45) is 52.3 Å². The molecule has 0 aromatic carbocycles. The van der Waals surface area contributed by atoms with Gasteiger partial charge in [-0.05, 0) is 137 Å². The van der Waals surface area contributed by atoms with Crippen molar-refractivity contribution in [1.29, 1.82) is 0 Å². The van der Waals surface area contributed by atoms with Crippen LogP contribution in [0.2, 0.25) is 0 Å². The van der Waals surface area contributed by atoms with Crippen LogP contribution in [0.25, 0.3) is 0 Å². The summed E-state index contributed by atoms with van der Waals surface area (Å²) >= 11 is 0. The summed E-state index contributed by atoms with van der Waals surface area (Å²) in [6.45, 7) is 13.0. The van der Waals surface area contributed by atoms with Gasteiger partial charge in [-0.15, -0.1) is 0 Å². The van der Waals surface area contributed by atoms with Crippen LogP contribution in [0.3, 0.4) is 0 Å². The molecule has 0 amide bonds. The van der Waals surface area contributed by atoms with Crippen molar-refractivity contribution in [2.45, 2.75) is 155 Å². The van der Waals surface area contributed by atoms with Crippen molar-refractivity contribution in [3.05, 3.63) is 0 Å². The molecule has 41 heavy (non-hydrogen) atoms. The molecule has 0 aliphatic heterocycles. The molecule has 234 valence electrons. The molecule has 0 aromatic rings. The van der Waals surface area contributed by atoms with Gasteiger partial charge in [0, 0.05) is 6.42 Å². The highest BCUT2D eigenvalue weighted by atomic mass is 16.6. The average Bonchev–Trinajstić information content (AvgIpc) is 3.51. The Kier molecular flexibility index (Phi) is 8.97. The minimum atomic E-state index is -0.406. The van der Waals surface area contributed by atoms with E-state index in [0.29, 0.717) is 30.1 Å². The Morgan fingerprint density at radius 3 is 2.32 bits per heavy atom. The largest absolute Gasteiger partial charge is 0.462 e. The summed E-state index contributed by atoms with van der Waals surface area (Å²) in [5.74, 6) is 1.51. The van der Waals surface area contributed by atoms with Crippen molar-refractivity contribution in [3.63, 3.8) is 0 Å². The Balaban J connectivity index is 1.25. The van der Waals surface area contributed by atoms with Gasteiger partial charge in [0.15, 0.2) is 0 Å². The van der Waals surface area contributed by atoms with E-state index in [1.54, 1.807) is 0 Å². The third kappa shape index (κ3) is 5.63. The minimum Gasteiger partial charge on any atom is -0.462 e. The first-order valence-corrected chi connectivity index (χ1v) is 17.1. The zero-order valence-corrected chi connectivity index (χ0v) is 26.7. The van der Waals surface area contributed by atoms with Gasteiger partial charge in [-0.2, -0.15) is 0 Å². The summed E-state index contributed by atoms with van der Waals surface area (Å²) in [5, 5.41) is 23.6. The van der Waals surface area contributed by atoms with E-state index in [2.05, 4.69) is 27.7 Å². The molecule has 0 heterocycles. The maximum atomic E-state index is 12.7. The molecule has 0 bridgehead atoms. The first-order chi connectivity index (χ1) is 19.3. The minimum absolute atomic E-state index is 0.0509. The number of carbonyl (C=O) groups is 2. The average molecular weight is 575 g/mol. The Labute approximate surface area is 248 Å². The summed E-state index contributed by atoms with van der Waals surface area (Å²) in [6, 6.07) is 0. The molecular weight excluding hydrogens is 516 g/mol. The van der Waals surface area contributed by atoms with E-state index in [-0.39, 0.29) is 58.3 Å². The number of ether oxygens (including phenoxy) is 2. The van der Waals surface area contributed by atoms with E-state index < -0.39 is 6.10 Å². The zero-order valence-electron chi connectivity index (χ0n) is 26.7.